The predicted molar refractivity (Wildman–Crippen MR) is 147 cm³/mol. The van der Waals surface area contributed by atoms with Crippen molar-refractivity contribution in [1.29, 1.82) is 0 Å². The summed E-state index contributed by atoms with van der Waals surface area (Å²) < 4.78 is 26.8. The van der Waals surface area contributed by atoms with Gasteiger partial charge in [0.25, 0.3) is 0 Å². The van der Waals surface area contributed by atoms with Crippen LogP contribution in [-0.4, -0.2) is 58.7 Å². The maximum Gasteiger partial charge on any atom is 0.242 e. The van der Waals surface area contributed by atoms with Crippen molar-refractivity contribution >= 4 is 29.4 Å². The normalized spacial score (nSPS) is 18.9. The Morgan fingerprint density at radius 3 is 2.51 bits per heavy atom. The van der Waals surface area contributed by atoms with E-state index >= 15 is 0 Å². The Labute approximate surface area is 231 Å². The van der Waals surface area contributed by atoms with Crippen LogP contribution >= 0.6 is 11.8 Å². The topological polar surface area (TPSA) is 76.9 Å². The molecule has 4 heterocycles. The van der Waals surface area contributed by atoms with Crippen LogP contribution in [0, 0.1) is 5.82 Å². The summed E-state index contributed by atoms with van der Waals surface area (Å²) in [5.74, 6) is 1.48. The lowest BCUT2D eigenvalue weighted by molar-refractivity contribution is -0.130. The van der Waals surface area contributed by atoms with Crippen LogP contribution < -0.4 is 14.4 Å². The Balaban J connectivity index is 1.56. The highest BCUT2D eigenvalue weighted by Gasteiger charge is 2.40. The number of amides is 2. The molecule has 3 aliphatic heterocycles. The number of carbonyl (C=O) groups is 2. The average Bonchev–Trinajstić information content (AvgIpc) is 3.66. The second-order valence-electron chi connectivity index (χ2n) is 11.1. The summed E-state index contributed by atoms with van der Waals surface area (Å²) in [5, 5.41) is 4.79. The first-order valence-corrected chi connectivity index (χ1v) is 14.2. The number of fused-ring (bicyclic) bond motifs is 2. The third-order valence-corrected chi connectivity index (χ3v) is 8.58. The summed E-state index contributed by atoms with van der Waals surface area (Å²) in [5.41, 5.74) is 2.87. The van der Waals surface area contributed by atoms with Crippen LogP contribution in [-0.2, 0) is 15.0 Å². The lowest BCUT2D eigenvalue weighted by Crippen LogP contribution is -2.43. The summed E-state index contributed by atoms with van der Waals surface area (Å²) in [6, 6.07) is 11.9. The molecule has 3 aromatic rings. The second kappa shape index (κ2) is 9.89. The first kappa shape index (κ1) is 25.7. The SMILES string of the molecule is CC(C)(C)c1nn(-c2ccc(F)cc2)c2c1[C@H](c1ccc3c(c1)OCO3)SCC(=O)N2CC(=O)N1CCCC1. The zero-order chi connectivity index (χ0) is 27.3. The fraction of sp³-hybridized carbons (Fsp3) is 0.414. The van der Waals surface area contributed by atoms with E-state index in [1.54, 1.807) is 21.7 Å². The molecule has 204 valence electrons. The lowest BCUT2D eigenvalue weighted by Gasteiger charge is -2.26. The molecule has 1 atom stereocenters. The van der Waals surface area contributed by atoms with Crippen molar-refractivity contribution in [2.24, 2.45) is 0 Å². The van der Waals surface area contributed by atoms with Gasteiger partial charge in [-0.05, 0) is 54.8 Å². The summed E-state index contributed by atoms with van der Waals surface area (Å²) in [6.45, 7) is 7.74. The van der Waals surface area contributed by atoms with E-state index in [9.17, 15) is 14.0 Å². The van der Waals surface area contributed by atoms with E-state index in [4.69, 9.17) is 14.6 Å². The summed E-state index contributed by atoms with van der Waals surface area (Å²) in [7, 11) is 0. The largest absolute Gasteiger partial charge is 0.454 e. The van der Waals surface area contributed by atoms with Gasteiger partial charge in [0.2, 0.25) is 18.6 Å². The van der Waals surface area contributed by atoms with Gasteiger partial charge in [0.1, 0.15) is 18.2 Å². The van der Waals surface area contributed by atoms with Crippen LogP contribution in [0.4, 0.5) is 10.2 Å². The number of hydrogen-bond acceptors (Lipinski definition) is 6. The second-order valence-corrected chi connectivity index (χ2v) is 12.2. The monoisotopic (exact) mass is 550 g/mol. The van der Waals surface area contributed by atoms with Crippen LogP contribution in [0.2, 0.25) is 0 Å². The van der Waals surface area contributed by atoms with Gasteiger partial charge >= 0.3 is 0 Å². The highest BCUT2D eigenvalue weighted by Crippen LogP contribution is 2.50. The Kier molecular flexibility index (Phi) is 6.53. The fourth-order valence-electron chi connectivity index (χ4n) is 5.38. The Hall–Kier alpha value is -3.53. The van der Waals surface area contributed by atoms with E-state index in [2.05, 4.69) is 20.8 Å². The number of anilines is 1. The number of aromatic nitrogens is 2. The lowest BCUT2D eigenvalue weighted by atomic mass is 9.87. The average molecular weight is 551 g/mol. The molecular weight excluding hydrogens is 519 g/mol. The van der Waals surface area contributed by atoms with Gasteiger partial charge in [-0.1, -0.05) is 26.8 Å². The van der Waals surface area contributed by atoms with Crippen molar-refractivity contribution < 1.29 is 23.5 Å². The Morgan fingerprint density at radius 2 is 1.79 bits per heavy atom. The fourth-order valence-corrected chi connectivity index (χ4v) is 6.56. The van der Waals surface area contributed by atoms with Crippen molar-refractivity contribution in [3.05, 3.63) is 65.1 Å². The Bertz CT molecular complexity index is 1430. The minimum Gasteiger partial charge on any atom is -0.454 e. The van der Waals surface area contributed by atoms with Crippen LogP contribution in [0.5, 0.6) is 11.5 Å². The van der Waals surface area contributed by atoms with Crippen molar-refractivity contribution in [2.75, 3.05) is 37.1 Å². The van der Waals surface area contributed by atoms with Gasteiger partial charge in [0, 0.05) is 24.1 Å². The Morgan fingerprint density at radius 1 is 1.08 bits per heavy atom. The van der Waals surface area contributed by atoms with Crippen molar-refractivity contribution in [3.63, 3.8) is 0 Å². The van der Waals surface area contributed by atoms with Crippen molar-refractivity contribution in [3.8, 4) is 17.2 Å². The third kappa shape index (κ3) is 4.75. The maximum atomic E-state index is 13.9. The minimum absolute atomic E-state index is 0.0727. The van der Waals surface area contributed by atoms with Crippen molar-refractivity contribution in [2.45, 2.75) is 44.3 Å². The van der Waals surface area contributed by atoms with Crippen LogP contribution in [0.1, 0.15) is 55.7 Å². The van der Waals surface area contributed by atoms with E-state index in [0.29, 0.717) is 36.1 Å². The first-order valence-electron chi connectivity index (χ1n) is 13.2. The van der Waals surface area contributed by atoms with Gasteiger partial charge in [0.05, 0.1) is 22.4 Å². The summed E-state index contributed by atoms with van der Waals surface area (Å²) in [6.07, 6.45) is 1.93. The standard InChI is InChI=1S/C29H31FN4O4S/c1-29(2,3)27-25-26(18-6-11-21-22(14-18)38-17-37-21)39-16-24(36)33(15-23(35)32-12-4-5-13-32)28(25)34(31-27)20-9-7-19(30)8-10-20/h6-11,14,26H,4-5,12-13,15-17H2,1-3H3/t26-/m0/s1. The predicted octanol–water partition coefficient (Wildman–Crippen LogP) is 4.83. The van der Waals surface area contributed by atoms with Gasteiger partial charge in [-0.25, -0.2) is 9.07 Å². The molecule has 1 saturated heterocycles. The third-order valence-electron chi connectivity index (χ3n) is 7.32. The molecular formula is C29H31FN4O4S. The number of rotatable bonds is 4. The first-order chi connectivity index (χ1) is 18.7. The highest BCUT2D eigenvalue weighted by atomic mass is 32.2. The van der Waals surface area contributed by atoms with E-state index in [1.807, 2.05) is 23.1 Å². The van der Waals surface area contributed by atoms with E-state index in [0.717, 1.165) is 29.7 Å². The van der Waals surface area contributed by atoms with E-state index in [-0.39, 0.29) is 47.4 Å². The zero-order valence-corrected chi connectivity index (χ0v) is 23.1. The number of thioether (sulfide) groups is 1. The van der Waals surface area contributed by atoms with Crippen LogP contribution in [0.3, 0.4) is 0 Å². The highest BCUT2D eigenvalue weighted by molar-refractivity contribution is 8.00. The van der Waals surface area contributed by atoms with E-state index < -0.39 is 0 Å². The number of benzene rings is 2. The van der Waals surface area contributed by atoms with Crippen LogP contribution in [0.25, 0.3) is 5.69 Å². The molecule has 0 saturated carbocycles. The van der Waals surface area contributed by atoms with Gasteiger partial charge in [-0.3, -0.25) is 14.5 Å². The van der Waals surface area contributed by atoms with E-state index in [1.165, 1.54) is 23.9 Å². The number of hydrogen-bond donors (Lipinski definition) is 0. The molecule has 0 bridgehead atoms. The quantitative estimate of drug-likeness (QED) is 0.463. The van der Waals surface area contributed by atoms with Gasteiger partial charge in [-0.15, -0.1) is 11.8 Å². The number of halogens is 1. The van der Waals surface area contributed by atoms with Gasteiger partial charge < -0.3 is 14.4 Å². The zero-order valence-electron chi connectivity index (χ0n) is 22.3. The maximum absolute atomic E-state index is 13.9. The number of ether oxygens (including phenoxy) is 2. The number of likely N-dealkylation sites (tertiary alicyclic amines) is 1. The molecule has 1 aromatic heterocycles. The van der Waals surface area contributed by atoms with Crippen molar-refractivity contribution in [1.82, 2.24) is 14.7 Å². The summed E-state index contributed by atoms with van der Waals surface area (Å²) in [4.78, 5) is 30.6. The summed E-state index contributed by atoms with van der Waals surface area (Å²) >= 11 is 1.51. The molecule has 39 heavy (non-hydrogen) atoms. The smallest absolute Gasteiger partial charge is 0.242 e. The molecule has 2 aromatic carbocycles. The molecule has 10 heteroatoms. The molecule has 3 aliphatic rings. The molecule has 6 rings (SSSR count). The van der Waals surface area contributed by atoms with Gasteiger partial charge in [-0.2, -0.15) is 5.10 Å². The number of carbonyl (C=O) groups excluding carboxylic acids is 2. The molecule has 1 fully saturated rings. The molecule has 8 nitrogen and oxygen atoms in total. The number of nitrogens with zero attached hydrogens (tertiary/aromatic N) is 4. The molecule has 0 radical (unpaired) electrons. The van der Waals surface area contributed by atoms with Crippen LogP contribution in [0.15, 0.2) is 42.5 Å². The minimum atomic E-state index is -0.386. The molecule has 0 N–H and O–H groups in total. The molecule has 2 amide bonds. The molecule has 0 spiro atoms. The molecule has 0 unspecified atom stereocenters. The van der Waals surface area contributed by atoms with Gasteiger partial charge in [0.15, 0.2) is 11.5 Å². The molecule has 0 aliphatic carbocycles.